The van der Waals surface area contributed by atoms with Crippen molar-refractivity contribution in [2.45, 2.75) is 11.7 Å². The average Bonchev–Trinajstić information content (AvgIpc) is 2.77. The number of rotatable bonds is 7. The predicted molar refractivity (Wildman–Crippen MR) is 121 cm³/mol. The third-order valence-electron chi connectivity index (χ3n) is 4.74. The summed E-state index contributed by atoms with van der Waals surface area (Å²) < 4.78 is 6.71. The smallest absolute Gasteiger partial charge is 0.262 e. The van der Waals surface area contributed by atoms with Crippen LogP contribution in [0.2, 0.25) is 0 Å². The van der Waals surface area contributed by atoms with Gasteiger partial charge in [0, 0.05) is 18.2 Å². The number of benzene rings is 3. The van der Waals surface area contributed by atoms with Crippen LogP contribution in [0.1, 0.15) is 0 Å². The Morgan fingerprint density at radius 1 is 1.03 bits per heavy atom. The molecule has 0 radical (unpaired) electrons. The van der Waals surface area contributed by atoms with Crippen molar-refractivity contribution >= 4 is 45.0 Å². The van der Waals surface area contributed by atoms with Crippen LogP contribution in [-0.4, -0.2) is 34.9 Å². The second kappa shape index (κ2) is 9.11. The first-order valence-electron chi connectivity index (χ1n) is 9.56. The van der Waals surface area contributed by atoms with E-state index < -0.39 is 0 Å². The molecule has 0 aliphatic rings. The number of nitrogens with zero attached hydrogens (tertiary/aromatic N) is 2. The first-order valence-corrected chi connectivity index (χ1v) is 10.5. The summed E-state index contributed by atoms with van der Waals surface area (Å²) in [4.78, 5) is 30.1. The lowest BCUT2D eigenvalue weighted by Gasteiger charge is -2.13. The van der Waals surface area contributed by atoms with Crippen molar-refractivity contribution in [1.82, 2.24) is 9.55 Å². The van der Waals surface area contributed by atoms with Crippen molar-refractivity contribution < 1.29 is 9.53 Å². The number of anilines is 1. The summed E-state index contributed by atoms with van der Waals surface area (Å²) in [7, 11) is 1.59. The normalized spacial score (nSPS) is 11.1. The van der Waals surface area contributed by atoms with Crippen LogP contribution in [0.3, 0.4) is 0 Å². The van der Waals surface area contributed by atoms with Gasteiger partial charge in [-0.25, -0.2) is 4.98 Å². The molecule has 1 amide bonds. The highest BCUT2D eigenvalue weighted by atomic mass is 32.2. The molecule has 0 saturated heterocycles. The zero-order valence-corrected chi connectivity index (χ0v) is 17.3. The number of hydrogen-bond donors (Lipinski definition) is 1. The topological polar surface area (TPSA) is 73.2 Å². The maximum Gasteiger partial charge on any atom is 0.262 e. The van der Waals surface area contributed by atoms with Gasteiger partial charge in [0.15, 0.2) is 5.16 Å². The number of nitrogens with one attached hydrogen (secondary N) is 1. The van der Waals surface area contributed by atoms with E-state index in [4.69, 9.17) is 4.74 Å². The van der Waals surface area contributed by atoms with E-state index in [2.05, 4.69) is 10.3 Å². The Labute approximate surface area is 177 Å². The van der Waals surface area contributed by atoms with E-state index in [1.54, 1.807) is 23.8 Å². The number of ether oxygens (including phenoxy) is 1. The number of carbonyl (C=O) groups excluding carboxylic acids is 1. The fourth-order valence-electron chi connectivity index (χ4n) is 3.29. The molecule has 0 unspecified atom stereocenters. The maximum atomic E-state index is 12.9. The highest BCUT2D eigenvalue weighted by Gasteiger charge is 2.14. The highest BCUT2D eigenvalue weighted by Crippen LogP contribution is 2.24. The molecule has 7 heteroatoms. The monoisotopic (exact) mass is 419 g/mol. The van der Waals surface area contributed by atoms with Gasteiger partial charge in [-0.3, -0.25) is 14.2 Å². The molecule has 0 aliphatic heterocycles. The van der Waals surface area contributed by atoms with Gasteiger partial charge in [-0.1, -0.05) is 60.3 Å². The van der Waals surface area contributed by atoms with Gasteiger partial charge in [0.05, 0.1) is 29.8 Å². The average molecular weight is 420 g/mol. The van der Waals surface area contributed by atoms with Crippen LogP contribution < -0.4 is 10.9 Å². The zero-order chi connectivity index (χ0) is 20.9. The summed E-state index contributed by atoms with van der Waals surface area (Å²) in [5.74, 6) is -0.0156. The van der Waals surface area contributed by atoms with E-state index in [0.29, 0.717) is 29.2 Å². The van der Waals surface area contributed by atoms with Crippen LogP contribution in [-0.2, 0) is 16.1 Å². The molecular weight excluding hydrogens is 398 g/mol. The molecule has 4 rings (SSSR count). The standard InChI is InChI=1S/C23H21N3O3S/c1-29-14-13-26-22(28)18-10-4-5-11-20(18)25-23(26)30-15-21(27)24-19-12-6-8-16-7-2-3-9-17(16)19/h2-12H,13-15H2,1H3,(H,24,27). The summed E-state index contributed by atoms with van der Waals surface area (Å²) in [6.45, 7) is 0.760. The van der Waals surface area contributed by atoms with Gasteiger partial charge >= 0.3 is 0 Å². The molecule has 0 spiro atoms. The van der Waals surface area contributed by atoms with Crippen LogP contribution in [0, 0.1) is 0 Å². The van der Waals surface area contributed by atoms with E-state index in [-0.39, 0.29) is 17.2 Å². The quantitative estimate of drug-likeness (QED) is 0.363. The Balaban J connectivity index is 1.56. The molecule has 0 bridgehead atoms. The van der Waals surface area contributed by atoms with Gasteiger partial charge in [-0.15, -0.1) is 0 Å². The molecule has 4 aromatic rings. The largest absolute Gasteiger partial charge is 0.383 e. The number of thioether (sulfide) groups is 1. The van der Waals surface area contributed by atoms with E-state index in [9.17, 15) is 9.59 Å². The molecule has 0 atom stereocenters. The molecule has 0 saturated carbocycles. The van der Waals surface area contributed by atoms with Crippen LogP contribution >= 0.6 is 11.8 Å². The van der Waals surface area contributed by atoms with E-state index in [0.717, 1.165) is 16.5 Å². The molecule has 30 heavy (non-hydrogen) atoms. The summed E-state index contributed by atoms with van der Waals surface area (Å²) in [6.07, 6.45) is 0. The third-order valence-corrected chi connectivity index (χ3v) is 5.72. The van der Waals surface area contributed by atoms with E-state index in [1.807, 2.05) is 54.6 Å². The third kappa shape index (κ3) is 4.22. The lowest BCUT2D eigenvalue weighted by atomic mass is 10.1. The van der Waals surface area contributed by atoms with Crippen LogP contribution in [0.15, 0.2) is 76.7 Å². The van der Waals surface area contributed by atoms with Crippen LogP contribution in [0.4, 0.5) is 5.69 Å². The number of para-hydroxylation sites is 1. The second-order valence-corrected chi connectivity index (χ2v) is 7.67. The molecule has 6 nitrogen and oxygen atoms in total. The Bertz CT molecular complexity index is 1260. The van der Waals surface area contributed by atoms with Crippen molar-refractivity contribution in [3.63, 3.8) is 0 Å². The van der Waals surface area contributed by atoms with Crippen molar-refractivity contribution in [3.8, 4) is 0 Å². The molecule has 1 heterocycles. The first-order chi connectivity index (χ1) is 14.7. The molecule has 152 valence electrons. The number of amides is 1. The summed E-state index contributed by atoms with van der Waals surface area (Å²) in [5, 5.41) is 6.08. The molecule has 0 fully saturated rings. The van der Waals surface area contributed by atoms with E-state index >= 15 is 0 Å². The Morgan fingerprint density at radius 2 is 1.77 bits per heavy atom. The molecule has 1 N–H and O–H groups in total. The minimum absolute atomic E-state index is 0.130. The predicted octanol–water partition coefficient (Wildman–Crippen LogP) is 3.93. The lowest BCUT2D eigenvalue weighted by Crippen LogP contribution is -2.26. The second-order valence-electron chi connectivity index (χ2n) is 6.72. The van der Waals surface area contributed by atoms with Gasteiger partial charge in [-0.05, 0) is 23.6 Å². The van der Waals surface area contributed by atoms with Gasteiger partial charge in [0.2, 0.25) is 5.91 Å². The summed E-state index contributed by atoms with van der Waals surface area (Å²) in [5.41, 5.74) is 1.25. The fourth-order valence-corrected chi connectivity index (χ4v) is 4.11. The number of fused-ring (bicyclic) bond motifs is 2. The Morgan fingerprint density at radius 3 is 2.60 bits per heavy atom. The van der Waals surface area contributed by atoms with Crippen LogP contribution in [0.25, 0.3) is 21.7 Å². The molecule has 1 aromatic heterocycles. The van der Waals surface area contributed by atoms with Crippen molar-refractivity contribution in [2.75, 3.05) is 24.8 Å². The van der Waals surface area contributed by atoms with Crippen LogP contribution in [0.5, 0.6) is 0 Å². The Hall–Kier alpha value is -3.16. The number of hydrogen-bond acceptors (Lipinski definition) is 5. The maximum absolute atomic E-state index is 12.9. The van der Waals surface area contributed by atoms with Gasteiger partial charge < -0.3 is 10.1 Å². The van der Waals surface area contributed by atoms with Crippen molar-refractivity contribution in [2.24, 2.45) is 0 Å². The van der Waals surface area contributed by atoms with Gasteiger partial charge in [0.1, 0.15) is 0 Å². The minimum atomic E-state index is -0.156. The SMILES string of the molecule is COCCn1c(SCC(=O)Nc2cccc3ccccc23)nc2ccccc2c1=O. The fraction of sp³-hybridized carbons (Fsp3) is 0.174. The van der Waals surface area contributed by atoms with Crippen molar-refractivity contribution in [3.05, 3.63) is 77.1 Å². The summed E-state index contributed by atoms with van der Waals surface area (Å²) >= 11 is 1.24. The summed E-state index contributed by atoms with van der Waals surface area (Å²) in [6, 6.07) is 20.9. The number of carbonyl (C=O) groups is 1. The zero-order valence-electron chi connectivity index (χ0n) is 16.5. The molecule has 0 aliphatic carbocycles. The minimum Gasteiger partial charge on any atom is -0.383 e. The number of aromatic nitrogens is 2. The van der Waals surface area contributed by atoms with Crippen molar-refractivity contribution in [1.29, 1.82) is 0 Å². The van der Waals surface area contributed by atoms with Gasteiger partial charge in [-0.2, -0.15) is 0 Å². The Kier molecular flexibility index (Phi) is 6.11. The van der Waals surface area contributed by atoms with E-state index in [1.165, 1.54) is 11.8 Å². The lowest BCUT2D eigenvalue weighted by molar-refractivity contribution is -0.113. The first kappa shape index (κ1) is 20.1. The number of methoxy groups -OCH3 is 1. The molecule has 3 aromatic carbocycles. The molecular formula is C23H21N3O3S. The highest BCUT2D eigenvalue weighted by molar-refractivity contribution is 7.99. The van der Waals surface area contributed by atoms with Gasteiger partial charge in [0.25, 0.3) is 5.56 Å².